The molecule has 0 bridgehead atoms. The molecule has 0 radical (unpaired) electrons. The van der Waals surface area contributed by atoms with Crippen LogP contribution in [-0.4, -0.2) is 43.6 Å². The number of hydrogen-bond acceptors (Lipinski definition) is 3. The third-order valence-electron chi connectivity index (χ3n) is 4.23. The maximum absolute atomic E-state index is 12.1. The number of rotatable bonds is 10. The van der Waals surface area contributed by atoms with Gasteiger partial charge in [0.05, 0.1) is 0 Å². The van der Waals surface area contributed by atoms with Crippen LogP contribution in [0.2, 0.25) is 0 Å². The molecule has 0 fully saturated rings. The van der Waals surface area contributed by atoms with Crippen molar-refractivity contribution in [3.05, 3.63) is 71.8 Å². The Morgan fingerprint density at radius 2 is 1.48 bits per heavy atom. The Bertz CT molecular complexity index is 573. The summed E-state index contributed by atoms with van der Waals surface area (Å²) < 4.78 is 5.96. The first-order valence-corrected chi connectivity index (χ1v) is 8.95. The summed E-state index contributed by atoms with van der Waals surface area (Å²) in [6, 6.07) is 20.0. The predicted octanol–water partition coefficient (Wildman–Crippen LogP) is 3.25. The van der Waals surface area contributed by atoms with Crippen molar-refractivity contribution < 1.29 is 9.53 Å². The highest BCUT2D eigenvalue weighted by molar-refractivity contribution is 5.77. The molecule has 0 atom stereocenters. The smallest absolute Gasteiger partial charge is 0.246 e. The highest BCUT2D eigenvalue weighted by atomic mass is 16.5. The lowest BCUT2D eigenvalue weighted by Crippen LogP contribution is -2.36. The number of likely N-dealkylation sites (N-methyl/N-ethyl adjacent to an activating group) is 1. The number of amides is 1. The van der Waals surface area contributed by atoms with Crippen molar-refractivity contribution in [1.82, 2.24) is 10.2 Å². The van der Waals surface area contributed by atoms with Gasteiger partial charge in [-0.3, -0.25) is 4.79 Å². The fourth-order valence-corrected chi connectivity index (χ4v) is 2.74. The van der Waals surface area contributed by atoms with Crippen molar-refractivity contribution in [1.29, 1.82) is 0 Å². The summed E-state index contributed by atoms with van der Waals surface area (Å²) >= 11 is 0. The average Bonchev–Trinajstić information content (AvgIpc) is 2.67. The largest absolute Gasteiger partial charge is 0.359 e. The van der Waals surface area contributed by atoms with Crippen LogP contribution in [0.5, 0.6) is 0 Å². The fourth-order valence-electron chi connectivity index (χ4n) is 2.74. The second-order valence-corrected chi connectivity index (χ2v) is 5.89. The zero-order chi connectivity index (χ0) is 17.9. The molecule has 0 aliphatic heterocycles. The van der Waals surface area contributed by atoms with E-state index in [1.165, 1.54) is 0 Å². The van der Waals surface area contributed by atoms with Crippen LogP contribution in [0.15, 0.2) is 60.7 Å². The molecule has 0 heterocycles. The van der Waals surface area contributed by atoms with Crippen molar-refractivity contribution in [2.24, 2.45) is 0 Å². The second-order valence-electron chi connectivity index (χ2n) is 5.89. The molecule has 0 aliphatic carbocycles. The minimum Gasteiger partial charge on any atom is -0.359 e. The second kappa shape index (κ2) is 10.6. The van der Waals surface area contributed by atoms with Crippen LogP contribution >= 0.6 is 0 Å². The first-order chi connectivity index (χ1) is 12.2. The molecule has 0 aliphatic rings. The van der Waals surface area contributed by atoms with Gasteiger partial charge >= 0.3 is 0 Å². The standard InChI is InChI=1S/C21H28N2O2/c1-3-23(4-2)16-15-22-20(24)17-25-21(18-11-7-5-8-12-18)19-13-9-6-10-14-19/h5-14,21H,3-4,15-17H2,1-2H3,(H,22,24). The highest BCUT2D eigenvalue weighted by Gasteiger charge is 2.16. The van der Waals surface area contributed by atoms with Crippen molar-refractivity contribution in [2.75, 3.05) is 32.8 Å². The minimum absolute atomic E-state index is 0.0483. The fraction of sp³-hybridized carbons (Fsp3) is 0.381. The zero-order valence-corrected chi connectivity index (χ0v) is 15.2. The van der Waals surface area contributed by atoms with E-state index in [1.54, 1.807) is 0 Å². The van der Waals surface area contributed by atoms with Crippen LogP contribution in [0, 0.1) is 0 Å². The van der Waals surface area contributed by atoms with Gasteiger partial charge in [0.2, 0.25) is 5.91 Å². The lowest BCUT2D eigenvalue weighted by atomic mass is 10.0. The summed E-state index contributed by atoms with van der Waals surface area (Å²) in [6.45, 7) is 7.79. The Morgan fingerprint density at radius 1 is 0.960 bits per heavy atom. The molecule has 0 spiro atoms. The molecular weight excluding hydrogens is 312 g/mol. The van der Waals surface area contributed by atoms with Crippen LogP contribution < -0.4 is 5.32 Å². The monoisotopic (exact) mass is 340 g/mol. The quantitative estimate of drug-likeness (QED) is 0.722. The van der Waals surface area contributed by atoms with Gasteiger partial charge in [-0.1, -0.05) is 74.5 Å². The van der Waals surface area contributed by atoms with Crippen LogP contribution in [0.25, 0.3) is 0 Å². The summed E-state index contributed by atoms with van der Waals surface area (Å²) in [5.41, 5.74) is 2.09. The van der Waals surface area contributed by atoms with Crippen LogP contribution in [0.1, 0.15) is 31.1 Å². The van der Waals surface area contributed by atoms with Gasteiger partial charge in [-0.25, -0.2) is 0 Å². The van der Waals surface area contributed by atoms with Gasteiger partial charge in [-0.05, 0) is 24.2 Å². The number of hydrogen-bond donors (Lipinski definition) is 1. The Labute approximate surface area is 150 Å². The van der Waals surface area contributed by atoms with E-state index in [4.69, 9.17) is 4.74 Å². The Kier molecular flexibility index (Phi) is 8.16. The highest BCUT2D eigenvalue weighted by Crippen LogP contribution is 2.25. The van der Waals surface area contributed by atoms with Gasteiger partial charge in [0.25, 0.3) is 0 Å². The number of ether oxygens (including phenoxy) is 1. The topological polar surface area (TPSA) is 41.6 Å². The van der Waals surface area contributed by atoms with Gasteiger partial charge in [0, 0.05) is 13.1 Å². The molecular formula is C21H28N2O2. The number of nitrogens with one attached hydrogen (secondary N) is 1. The molecule has 2 rings (SSSR count). The zero-order valence-electron chi connectivity index (χ0n) is 15.2. The van der Waals surface area contributed by atoms with E-state index in [0.29, 0.717) is 6.54 Å². The molecule has 2 aromatic rings. The molecule has 2 aromatic carbocycles. The lowest BCUT2D eigenvalue weighted by Gasteiger charge is -2.20. The van der Waals surface area contributed by atoms with E-state index in [1.807, 2.05) is 60.7 Å². The Hall–Kier alpha value is -2.17. The molecule has 134 valence electrons. The SMILES string of the molecule is CCN(CC)CCNC(=O)COC(c1ccccc1)c1ccccc1. The third kappa shape index (κ3) is 6.33. The van der Waals surface area contributed by atoms with Crippen molar-refractivity contribution >= 4 is 5.91 Å². The normalized spacial score (nSPS) is 11.0. The maximum Gasteiger partial charge on any atom is 0.246 e. The summed E-state index contributed by atoms with van der Waals surface area (Å²) in [5.74, 6) is -0.0796. The maximum atomic E-state index is 12.1. The number of benzene rings is 2. The summed E-state index contributed by atoms with van der Waals surface area (Å²) in [5, 5.41) is 2.93. The number of carbonyl (C=O) groups is 1. The average molecular weight is 340 g/mol. The molecule has 0 saturated heterocycles. The van der Waals surface area contributed by atoms with Crippen molar-refractivity contribution in [3.8, 4) is 0 Å². The molecule has 0 saturated carbocycles. The Balaban J connectivity index is 1.91. The third-order valence-corrected chi connectivity index (χ3v) is 4.23. The van der Waals surface area contributed by atoms with E-state index in [-0.39, 0.29) is 18.6 Å². The van der Waals surface area contributed by atoms with E-state index < -0.39 is 0 Å². The van der Waals surface area contributed by atoms with E-state index in [0.717, 1.165) is 30.8 Å². The molecule has 4 nitrogen and oxygen atoms in total. The molecule has 0 aromatic heterocycles. The van der Waals surface area contributed by atoms with Gasteiger partial charge in [0.1, 0.15) is 12.7 Å². The summed E-state index contributed by atoms with van der Waals surface area (Å²) in [6.07, 6.45) is -0.240. The first-order valence-electron chi connectivity index (χ1n) is 8.95. The summed E-state index contributed by atoms with van der Waals surface area (Å²) in [7, 11) is 0. The minimum atomic E-state index is -0.240. The molecule has 4 heteroatoms. The predicted molar refractivity (Wildman–Crippen MR) is 101 cm³/mol. The number of carbonyl (C=O) groups excluding carboxylic acids is 1. The van der Waals surface area contributed by atoms with Crippen molar-refractivity contribution in [2.45, 2.75) is 20.0 Å². The number of nitrogens with zero attached hydrogens (tertiary/aromatic N) is 1. The lowest BCUT2D eigenvalue weighted by molar-refractivity contribution is -0.127. The van der Waals surface area contributed by atoms with Crippen LogP contribution in [-0.2, 0) is 9.53 Å². The van der Waals surface area contributed by atoms with Gasteiger partial charge in [-0.2, -0.15) is 0 Å². The van der Waals surface area contributed by atoms with Gasteiger partial charge < -0.3 is 15.0 Å². The van der Waals surface area contributed by atoms with Crippen LogP contribution in [0.4, 0.5) is 0 Å². The molecule has 25 heavy (non-hydrogen) atoms. The molecule has 1 amide bonds. The van der Waals surface area contributed by atoms with Crippen LogP contribution in [0.3, 0.4) is 0 Å². The summed E-state index contributed by atoms with van der Waals surface area (Å²) in [4.78, 5) is 14.4. The van der Waals surface area contributed by atoms with E-state index >= 15 is 0 Å². The van der Waals surface area contributed by atoms with Crippen molar-refractivity contribution in [3.63, 3.8) is 0 Å². The van der Waals surface area contributed by atoms with E-state index in [9.17, 15) is 4.79 Å². The van der Waals surface area contributed by atoms with Gasteiger partial charge in [0.15, 0.2) is 0 Å². The molecule has 0 unspecified atom stereocenters. The first kappa shape index (κ1) is 19.2. The van der Waals surface area contributed by atoms with E-state index in [2.05, 4.69) is 24.1 Å². The Morgan fingerprint density at radius 3 is 1.96 bits per heavy atom. The molecule has 1 N–H and O–H groups in total. The van der Waals surface area contributed by atoms with Gasteiger partial charge in [-0.15, -0.1) is 0 Å².